The number of anilines is 1. The van der Waals surface area contributed by atoms with E-state index in [1.807, 2.05) is 0 Å². The number of aliphatic imine (C=N–C) groups is 1. The van der Waals surface area contributed by atoms with Crippen LogP contribution >= 0.6 is 0 Å². The zero-order valence-corrected chi connectivity index (χ0v) is 12.3. The van der Waals surface area contributed by atoms with Crippen molar-refractivity contribution < 1.29 is 14.7 Å². The molecule has 1 aromatic rings. The van der Waals surface area contributed by atoms with Gasteiger partial charge in [-0.15, -0.1) is 0 Å². The monoisotopic (exact) mass is 286 g/mol. The van der Waals surface area contributed by atoms with Gasteiger partial charge in [-0.2, -0.15) is 0 Å². The Morgan fingerprint density at radius 1 is 1.38 bits per heavy atom. The highest BCUT2D eigenvalue weighted by Gasteiger charge is 2.16. The minimum absolute atomic E-state index is 0.0956. The first-order valence-electron chi connectivity index (χ1n) is 6.38. The second-order valence-electron chi connectivity index (χ2n) is 4.37. The highest BCUT2D eigenvalue weighted by molar-refractivity contribution is 6.48. The van der Waals surface area contributed by atoms with Gasteiger partial charge in [0.25, 0.3) is 5.91 Å². The molecule has 0 aliphatic heterocycles. The van der Waals surface area contributed by atoms with Crippen molar-refractivity contribution in [1.82, 2.24) is 0 Å². The Bertz CT molecular complexity index is 643. The van der Waals surface area contributed by atoms with E-state index in [4.69, 9.17) is 0 Å². The van der Waals surface area contributed by atoms with E-state index in [1.165, 1.54) is 19.2 Å². The van der Waals surface area contributed by atoms with Crippen LogP contribution in [-0.4, -0.2) is 22.5 Å². The van der Waals surface area contributed by atoms with Crippen molar-refractivity contribution in [2.45, 2.75) is 20.8 Å². The molecule has 110 valence electrons. The maximum Gasteiger partial charge on any atom is 0.278 e. The lowest BCUT2D eigenvalue weighted by molar-refractivity contribution is -0.110. The van der Waals surface area contributed by atoms with Crippen LogP contribution in [-0.2, 0) is 4.79 Å². The van der Waals surface area contributed by atoms with Crippen LogP contribution in [0.5, 0.6) is 0 Å². The average molecular weight is 286 g/mol. The van der Waals surface area contributed by atoms with Gasteiger partial charge in [-0.3, -0.25) is 9.59 Å². The van der Waals surface area contributed by atoms with Crippen LogP contribution in [0.4, 0.5) is 5.69 Å². The molecule has 0 aliphatic rings. The Morgan fingerprint density at radius 2 is 2.05 bits per heavy atom. The standard InChI is InChI=1S/C16H18N2O3/c1-5-14(20)15(17-6-2)16(21)18-13-9-12(11(4)19)8-7-10(13)3/h5-9,20H,2H2,1,3-4H3,(H,18,21)/b14-5+,17-15?. The summed E-state index contributed by atoms with van der Waals surface area (Å²) in [5, 5.41) is 12.3. The molecule has 5 nitrogen and oxygen atoms in total. The van der Waals surface area contributed by atoms with Crippen molar-refractivity contribution in [1.29, 1.82) is 0 Å². The van der Waals surface area contributed by atoms with Gasteiger partial charge in [0.05, 0.1) is 0 Å². The third-order valence-electron chi connectivity index (χ3n) is 2.84. The highest BCUT2D eigenvalue weighted by atomic mass is 16.3. The highest BCUT2D eigenvalue weighted by Crippen LogP contribution is 2.17. The van der Waals surface area contributed by atoms with E-state index in [0.29, 0.717) is 11.3 Å². The fourth-order valence-corrected chi connectivity index (χ4v) is 1.63. The van der Waals surface area contributed by atoms with E-state index in [1.54, 1.807) is 32.0 Å². The molecule has 0 spiro atoms. The molecule has 0 fully saturated rings. The fraction of sp³-hybridized carbons (Fsp3) is 0.188. The van der Waals surface area contributed by atoms with Gasteiger partial charge in [0.15, 0.2) is 11.5 Å². The number of rotatable bonds is 5. The number of hydrogen-bond acceptors (Lipinski definition) is 4. The second kappa shape index (κ2) is 7.19. The topological polar surface area (TPSA) is 78.8 Å². The third kappa shape index (κ3) is 4.14. The summed E-state index contributed by atoms with van der Waals surface area (Å²) < 4.78 is 0. The molecule has 0 radical (unpaired) electrons. The van der Waals surface area contributed by atoms with E-state index < -0.39 is 5.91 Å². The number of carbonyl (C=O) groups excluding carboxylic acids is 2. The zero-order chi connectivity index (χ0) is 16.0. The molecule has 2 N–H and O–H groups in total. The quantitative estimate of drug-likeness (QED) is 0.495. The lowest BCUT2D eigenvalue weighted by atomic mass is 10.1. The first-order valence-corrected chi connectivity index (χ1v) is 6.38. The molecule has 0 aliphatic carbocycles. The van der Waals surface area contributed by atoms with Gasteiger partial charge in [0.2, 0.25) is 0 Å². The number of aliphatic hydroxyl groups is 1. The molecule has 0 saturated carbocycles. The van der Waals surface area contributed by atoms with Crippen LogP contribution in [0.25, 0.3) is 0 Å². The predicted molar refractivity (Wildman–Crippen MR) is 83.8 cm³/mol. The average Bonchev–Trinajstić information content (AvgIpc) is 2.45. The number of Topliss-reactive ketones (excluding diaryl/α,β-unsaturated/α-hetero) is 1. The van der Waals surface area contributed by atoms with Crippen molar-refractivity contribution in [3.63, 3.8) is 0 Å². The molecule has 1 rings (SSSR count). The SMILES string of the molecule is C=CN=C(C(=O)Nc1cc(C(C)=O)ccc1C)/C(O)=C\C. The van der Waals surface area contributed by atoms with Gasteiger partial charge < -0.3 is 10.4 Å². The van der Waals surface area contributed by atoms with Crippen molar-refractivity contribution in [2.75, 3.05) is 5.32 Å². The van der Waals surface area contributed by atoms with Gasteiger partial charge >= 0.3 is 0 Å². The minimum atomic E-state index is -0.575. The van der Waals surface area contributed by atoms with Crippen LogP contribution in [0, 0.1) is 6.92 Å². The number of aryl methyl sites for hydroxylation is 1. The minimum Gasteiger partial charge on any atom is -0.506 e. The zero-order valence-electron chi connectivity index (χ0n) is 12.3. The largest absolute Gasteiger partial charge is 0.506 e. The van der Waals surface area contributed by atoms with Crippen LogP contribution in [0.2, 0.25) is 0 Å². The van der Waals surface area contributed by atoms with Gasteiger partial charge in [-0.25, -0.2) is 4.99 Å². The molecular formula is C16H18N2O3. The second-order valence-corrected chi connectivity index (χ2v) is 4.37. The Morgan fingerprint density at radius 3 is 2.57 bits per heavy atom. The summed E-state index contributed by atoms with van der Waals surface area (Å²) in [5.41, 5.74) is 1.65. The third-order valence-corrected chi connectivity index (χ3v) is 2.84. The smallest absolute Gasteiger partial charge is 0.278 e. The molecular weight excluding hydrogens is 268 g/mol. The number of carbonyl (C=O) groups is 2. The summed E-state index contributed by atoms with van der Waals surface area (Å²) in [6.07, 6.45) is 2.54. The molecule has 0 aromatic heterocycles. The first kappa shape index (κ1) is 16.4. The molecule has 21 heavy (non-hydrogen) atoms. The van der Waals surface area contributed by atoms with E-state index in [9.17, 15) is 14.7 Å². The lowest BCUT2D eigenvalue weighted by Gasteiger charge is -2.10. The van der Waals surface area contributed by atoms with Crippen molar-refractivity contribution in [3.8, 4) is 0 Å². The number of hydrogen-bond donors (Lipinski definition) is 2. The first-order chi connectivity index (χ1) is 9.90. The van der Waals surface area contributed by atoms with E-state index in [-0.39, 0.29) is 17.3 Å². The fourth-order valence-electron chi connectivity index (χ4n) is 1.63. The number of aliphatic hydroxyl groups excluding tert-OH is 1. The molecule has 0 atom stereocenters. The number of allylic oxidation sites excluding steroid dienone is 1. The Labute approximate surface area is 123 Å². The molecule has 1 aromatic carbocycles. The molecule has 0 saturated heterocycles. The summed E-state index contributed by atoms with van der Waals surface area (Å²) in [6.45, 7) is 8.25. The molecule has 0 bridgehead atoms. The van der Waals surface area contributed by atoms with Crippen LogP contribution in [0.15, 0.2) is 47.8 Å². The Kier molecular flexibility index (Phi) is 5.60. The molecule has 5 heteroatoms. The van der Waals surface area contributed by atoms with Gasteiger partial charge in [-0.05, 0) is 38.5 Å². The predicted octanol–water partition coefficient (Wildman–Crippen LogP) is 3.18. The van der Waals surface area contributed by atoms with E-state index in [2.05, 4.69) is 16.9 Å². The van der Waals surface area contributed by atoms with Gasteiger partial charge in [0.1, 0.15) is 5.76 Å². The van der Waals surface area contributed by atoms with Crippen LogP contribution in [0.3, 0.4) is 0 Å². The summed E-state index contributed by atoms with van der Waals surface area (Å²) in [6, 6.07) is 5.02. The maximum atomic E-state index is 12.2. The van der Waals surface area contributed by atoms with Gasteiger partial charge in [-0.1, -0.05) is 18.7 Å². The summed E-state index contributed by atoms with van der Waals surface area (Å²) in [5.74, 6) is -0.913. The molecule has 0 heterocycles. The van der Waals surface area contributed by atoms with E-state index >= 15 is 0 Å². The van der Waals surface area contributed by atoms with Crippen molar-refractivity contribution >= 4 is 23.1 Å². The molecule has 0 unspecified atom stereocenters. The summed E-state index contributed by atoms with van der Waals surface area (Å²) >= 11 is 0. The molecule has 1 amide bonds. The van der Waals surface area contributed by atoms with E-state index in [0.717, 1.165) is 5.56 Å². The lowest BCUT2D eigenvalue weighted by Crippen LogP contribution is -2.25. The summed E-state index contributed by atoms with van der Waals surface area (Å²) in [7, 11) is 0. The van der Waals surface area contributed by atoms with Gasteiger partial charge in [0, 0.05) is 17.5 Å². The normalized spacial score (nSPS) is 12.0. The van der Waals surface area contributed by atoms with Crippen LogP contribution in [0.1, 0.15) is 29.8 Å². The van der Waals surface area contributed by atoms with Crippen molar-refractivity contribution in [2.24, 2.45) is 4.99 Å². The number of nitrogens with zero attached hydrogens (tertiary/aromatic N) is 1. The number of ketones is 1. The number of benzene rings is 1. The summed E-state index contributed by atoms with van der Waals surface area (Å²) in [4.78, 5) is 27.3. The van der Waals surface area contributed by atoms with Crippen LogP contribution < -0.4 is 5.32 Å². The number of nitrogens with one attached hydrogen (secondary N) is 1. The van der Waals surface area contributed by atoms with Crippen molar-refractivity contribution in [3.05, 3.63) is 53.9 Å². The maximum absolute atomic E-state index is 12.2. The Balaban J connectivity index is 3.12. The number of amides is 1. The Hall–Kier alpha value is -2.69.